The van der Waals surface area contributed by atoms with Crippen molar-refractivity contribution in [2.45, 2.75) is 137 Å². The molecule has 9 rings (SSSR count). The molecule has 0 saturated carbocycles. The molecule has 2 bridgehead atoms. The van der Waals surface area contributed by atoms with Crippen LogP contribution in [-0.4, -0.2) is 184 Å². The Bertz CT molecular complexity index is 3950. The van der Waals surface area contributed by atoms with E-state index in [2.05, 4.69) is 63.1 Å². The van der Waals surface area contributed by atoms with Gasteiger partial charge in [-0.25, -0.2) is 8.78 Å². The predicted octanol–water partition coefficient (Wildman–Crippen LogP) is 1.68. The van der Waals surface area contributed by atoms with Gasteiger partial charge in [-0.3, -0.25) is 52.7 Å². The zero-order valence-corrected chi connectivity index (χ0v) is 57.0. The molecule has 5 heterocycles. The molecule has 534 valence electrons. The summed E-state index contributed by atoms with van der Waals surface area (Å²) in [4.78, 5) is 164. The van der Waals surface area contributed by atoms with Crippen molar-refractivity contribution in [1.29, 1.82) is 0 Å². The van der Waals surface area contributed by atoms with Gasteiger partial charge in [-0.1, -0.05) is 48.0 Å². The molecule has 100 heavy (non-hydrogen) atoms. The summed E-state index contributed by atoms with van der Waals surface area (Å²) in [6.07, 6.45) is 2.38. The first-order valence-corrected chi connectivity index (χ1v) is 35.6. The third kappa shape index (κ3) is 21.4. The average Bonchev–Trinajstić information content (AvgIpc) is 1.64. The van der Waals surface area contributed by atoms with Gasteiger partial charge in [0.1, 0.15) is 60.0 Å². The van der Waals surface area contributed by atoms with E-state index in [-0.39, 0.29) is 61.8 Å². The number of nitrogens with two attached hydrogens (primary N) is 2. The van der Waals surface area contributed by atoms with Gasteiger partial charge >= 0.3 is 5.97 Å². The van der Waals surface area contributed by atoms with Crippen LogP contribution in [0.3, 0.4) is 0 Å². The van der Waals surface area contributed by atoms with Crippen molar-refractivity contribution in [2.24, 2.45) is 11.5 Å². The summed E-state index contributed by atoms with van der Waals surface area (Å²) in [5.41, 5.74) is 15.5. The van der Waals surface area contributed by atoms with Crippen LogP contribution in [0.4, 0.5) is 8.78 Å². The minimum Gasteiger partial charge on any atom is -0.481 e. The van der Waals surface area contributed by atoms with E-state index in [1.165, 1.54) is 77.2 Å². The van der Waals surface area contributed by atoms with Crippen LogP contribution in [0.1, 0.15) is 79.2 Å². The zero-order chi connectivity index (χ0) is 71.4. The average molecular weight is 1440 g/mol. The molecule has 0 spiro atoms. The molecular weight excluding hydrogens is 1360 g/mol. The van der Waals surface area contributed by atoms with Crippen molar-refractivity contribution in [3.63, 3.8) is 0 Å². The lowest BCUT2D eigenvalue weighted by atomic mass is 10.0. The fourth-order valence-electron chi connectivity index (χ4n) is 12.2. The number of nitrogens with one attached hydrogen (secondary N) is 12. The lowest BCUT2D eigenvalue weighted by Crippen LogP contribution is -2.61. The van der Waals surface area contributed by atoms with Gasteiger partial charge in [-0.15, -0.1) is 0 Å². The number of aliphatic carboxylic acids is 1. The number of rotatable bonds is 15. The van der Waals surface area contributed by atoms with Gasteiger partial charge in [0.15, 0.2) is 0 Å². The van der Waals surface area contributed by atoms with Gasteiger partial charge in [-0.05, 0) is 121 Å². The van der Waals surface area contributed by atoms with Crippen LogP contribution in [0.15, 0.2) is 97.3 Å². The maximum absolute atomic E-state index is 15.1. The second-order valence-corrected chi connectivity index (χ2v) is 27.5. The second-order valence-electron chi connectivity index (χ2n) is 24.9. The Balaban J connectivity index is 1.05. The highest BCUT2D eigenvalue weighted by Crippen LogP contribution is 2.26. The number of nitrogens with zero attached hydrogens (tertiary/aromatic N) is 1. The lowest BCUT2D eigenvalue weighted by molar-refractivity contribution is -0.143. The molecule has 2 saturated heterocycles. The molecule has 1 unspecified atom stereocenters. The van der Waals surface area contributed by atoms with Crippen molar-refractivity contribution in [3.8, 4) is 0 Å². The van der Waals surface area contributed by atoms with Crippen LogP contribution < -0.4 is 64.6 Å². The Hall–Kier alpha value is -9.14. The molecule has 2 aromatic heterocycles. The molecule has 17 N–H and O–H groups in total. The SMILES string of the molecule is NCCCC[C@@H]1NC(=O)CCSCc2cccc(c2)CSC[C@@H](C(N)=O)NC(=O)[C@@H]2CCCN2C(=O)[C@H](Cc2ccc(Cl)cc2)NC(=O)[C@H](CC2CNCN2)NC(=O)[C@H](CC(=O)O)NC(=O)[C@H](Cc2c[nH]c3ccc(F)cc23)NC(=O)[C@H](Cc2c[nH]c3ccc(F)cc23)NC(=O)CNC1=O. The standard InChI is InChI=1S/C68H82ClF2N15O12S2/c69-42-11-9-37(10-12-42)22-55-68(98)86-19-4-8-57(86)67(97)85-56(61(73)91)35-100-34-39-6-3-5-38(21-39)33-99-20-17-58(87)79-50(7-1-2-18-72)62(92)77-32-59(88)80-51(23-40-29-75-48-15-13-43(70)25-46(40)48)63(93)81-52(24-41-30-76-49-16-14-44(71)26-47(41)49)64(94)83-54(28-60(89)90)66(96)82-53(65(95)84-55)27-45-31-74-36-78-45/h3,5-6,9-16,21,25-26,29-30,45,50-57,74-76,78H,1-2,4,7-8,17-20,22-24,27-28,31-36,72H2,(H2,73,91)(H,77,92)(H,79,87)(H,80,88)(H,81,93)(H,82,96)(H,83,94)(H,84,95)(H,85,97)(H,89,90)/t45?,50-,51-,52-,53-,54-,55-,56-,57-/m0/s1. The summed E-state index contributed by atoms with van der Waals surface area (Å²) in [5.74, 6) is -10.1. The van der Waals surface area contributed by atoms with Gasteiger partial charge in [0.2, 0.25) is 59.1 Å². The number of carboxylic acid groups (broad SMARTS) is 1. The van der Waals surface area contributed by atoms with Crippen LogP contribution in [0.2, 0.25) is 5.02 Å². The number of carbonyl (C=O) groups excluding carboxylic acids is 10. The number of aromatic nitrogens is 2. The fourth-order valence-corrected chi connectivity index (χ4v) is 14.3. The minimum absolute atomic E-state index is 0.0178. The van der Waals surface area contributed by atoms with Crippen LogP contribution in [-0.2, 0) is 83.5 Å². The van der Waals surface area contributed by atoms with Crippen molar-refractivity contribution in [3.05, 3.63) is 142 Å². The number of unbranched alkanes of at least 4 members (excludes halogenated alkanes) is 1. The van der Waals surface area contributed by atoms with E-state index in [4.69, 9.17) is 23.1 Å². The highest BCUT2D eigenvalue weighted by atomic mass is 35.5. The van der Waals surface area contributed by atoms with Gasteiger partial charge in [0.25, 0.3) is 0 Å². The molecule has 0 radical (unpaired) electrons. The summed E-state index contributed by atoms with van der Waals surface area (Å²) in [6, 6.07) is 9.55. The normalized spacial score (nSPS) is 23.6. The van der Waals surface area contributed by atoms with E-state index >= 15 is 19.2 Å². The number of H-pyrrole nitrogens is 2. The molecule has 4 aromatic carbocycles. The van der Waals surface area contributed by atoms with E-state index < -0.39 is 150 Å². The Morgan fingerprint density at radius 2 is 1.24 bits per heavy atom. The van der Waals surface area contributed by atoms with E-state index in [0.717, 1.165) is 11.1 Å². The summed E-state index contributed by atoms with van der Waals surface area (Å²) in [5, 5.41) is 38.8. The molecule has 10 amide bonds. The van der Waals surface area contributed by atoms with E-state index in [1.54, 1.807) is 24.3 Å². The Kier molecular flexibility index (Phi) is 27.2. The molecular formula is C68H82ClF2N15O12S2. The van der Waals surface area contributed by atoms with Crippen LogP contribution >= 0.6 is 35.1 Å². The molecule has 3 aliphatic rings. The summed E-state index contributed by atoms with van der Waals surface area (Å²) >= 11 is 9.07. The number of hydrogen-bond donors (Lipinski definition) is 15. The maximum Gasteiger partial charge on any atom is 0.305 e. The number of hydrogen-bond acceptors (Lipinski definition) is 16. The van der Waals surface area contributed by atoms with E-state index in [1.807, 2.05) is 24.3 Å². The quantitative estimate of drug-likeness (QED) is 0.0650. The predicted molar refractivity (Wildman–Crippen MR) is 372 cm³/mol. The Morgan fingerprint density at radius 3 is 1.87 bits per heavy atom. The Morgan fingerprint density at radius 1 is 0.640 bits per heavy atom. The molecule has 6 aromatic rings. The van der Waals surface area contributed by atoms with Gasteiger partial charge in [0.05, 0.1) is 13.0 Å². The zero-order valence-electron chi connectivity index (χ0n) is 54.6. The molecule has 27 nitrogen and oxygen atoms in total. The monoisotopic (exact) mass is 1440 g/mol. The third-order valence-electron chi connectivity index (χ3n) is 17.4. The van der Waals surface area contributed by atoms with Crippen molar-refractivity contribution >= 4 is 122 Å². The largest absolute Gasteiger partial charge is 0.481 e. The van der Waals surface area contributed by atoms with Gasteiger partial charge < -0.3 is 84.6 Å². The fraction of sp³-hybridized carbons (Fsp3) is 0.426. The molecule has 32 heteroatoms. The number of carbonyl (C=O) groups is 11. The smallest absolute Gasteiger partial charge is 0.305 e. The van der Waals surface area contributed by atoms with Gasteiger partial charge in [0, 0.05) is 114 Å². The number of primary amides is 1. The summed E-state index contributed by atoms with van der Waals surface area (Å²) in [6.45, 7) is 0.245. The first-order valence-electron chi connectivity index (χ1n) is 32.9. The number of benzene rings is 4. The molecule has 2 fully saturated rings. The number of amides is 10. The first-order chi connectivity index (χ1) is 48.1. The van der Waals surface area contributed by atoms with Crippen molar-refractivity contribution < 1.29 is 66.6 Å². The highest BCUT2D eigenvalue weighted by molar-refractivity contribution is 7.98. The second kappa shape index (κ2) is 36.3. The summed E-state index contributed by atoms with van der Waals surface area (Å²) < 4.78 is 29.8. The van der Waals surface area contributed by atoms with Gasteiger partial charge in [-0.2, -0.15) is 23.5 Å². The number of carboxylic acids is 1. The van der Waals surface area contributed by atoms with E-state index in [0.29, 0.717) is 88.8 Å². The number of thioether (sulfide) groups is 2. The Labute approximate surface area is 587 Å². The third-order valence-corrected chi connectivity index (χ3v) is 19.8. The van der Waals surface area contributed by atoms with Crippen molar-refractivity contribution in [2.75, 3.05) is 44.4 Å². The van der Waals surface area contributed by atoms with Crippen LogP contribution in [0, 0.1) is 11.6 Å². The maximum atomic E-state index is 15.1. The molecule has 0 aliphatic carbocycles. The van der Waals surface area contributed by atoms with E-state index in [9.17, 15) is 47.4 Å². The van der Waals surface area contributed by atoms with Crippen LogP contribution in [0.25, 0.3) is 21.8 Å². The first kappa shape index (κ1) is 75.1. The number of fused-ring (bicyclic) bond motifs is 5. The topological polar surface area (TPSA) is 415 Å². The number of aromatic amines is 2. The number of halogens is 3. The van der Waals surface area contributed by atoms with Crippen LogP contribution in [0.5, 0.6) is 0 Å². The highest BCUT2D eigenvalue weighted by Gasteiger charge is 2.41. The lowest BCUT2D eigenvalue weighted by Gasteiger charge is -2.31. The molecule has 3 aliphatic heterocycles. The minimum atomic E-state index is -2.00. The molecule has 9 atom stereocenters. The van der Waals surface area contributed by atoms with Crippen molar-refractivity contribution in [1.82, 2.24) is 68.0 Å². The summed E-state index contributed by atoms with van der Waals surface area (Å²) in [7, 11) is 0.